The molecule has 0 saturated carbocycles. The highest BCUT2D eigenvalue weighted by Gasteiger charge is 2.18. The summed E-state index contributed by atoms with van der Waals surface area (Å²) in [4.78, 5) is 22.9. The highest BCUT2D eigenvalue weighted by Crippen LogP contribution is 2.14. The van der Waals surface area contributed by atoms with Crippen molar-refractivity contribution in [3.05, 3.63) is 29.8 Å². The van der Waals surface area contributed by atoms with Crippen LogP contribution in [-0.2, 0) is 16.0 Å². The summed E-state index contributed by atoms with van der Waals surface area (Å²) in [5.74, 6) is -0.459. The fourth-order valence-electron chi connectivity index (χ4n) is 2.02. The number of aryl methyl sites for hydroxylation is 1. The maximum atomic E-state index is 11.8. The molecule has 0 spiro atoms. The lowest BCUT2D eigenvalue weighted by molar-refractivity contribution is -0.142. The first-order chi connectivity index (χ1) is 10.1. The van der Waals surface area contributed by atoms with Gasteiger partial charge in [-0.1, -0.05) is 31.9 Å². The summed E-state index contributed by atoms with van der Waals surface area (Å²) < 4.78 is 5.12. The highest BCUT2D eigenvalue weighted by molar-refractivity contribution is 5.83. The van der Waals surface area contributed by atoms with Gasteiger partial charge in [-0.15, -0.1) is 0 Å². The molecule has 0 aliphatic carbocycles. The van der Waals surface area contributed by atoms with E-state index in [1.165, 1.54) is 0 Å². The quantitative estimate of drug-likeness (QED) is 0.733. The highest BCUT2D eigenvalue weighted by atomic mass is 16.5. The fraction of sp³-hybridized carbons (Fsp3) is 0.500. The Bertz CT molecular complexity index is 473. The minimum atomic E-state index is -0.974. The zero-order valence-electron chi connectivity index (χ0n) is 12.6. The number of carbonyl (C=O) groups is 2. The van der Waals surface area contributed by atoms with Crippen LogP contribution < -0.4 is 10.1 Å². The molecule has 1 amide bonds. The molecule has 0 saturated heterocycles. The van der Waals surface area contributed by atoms with Crippen molar-refractivity contribution in [1.29, 1.82) is 0 Å². The molecule has 1 rings (SSSR count). The van der Waals surface area contributed by atoms with Crippen LogP contribution in [0.15, 0.2) is 24.3 Å². The Morgan fingerprint density at radius 2 is 2.14 bits per heavy atom. The summed E-state index contributed by atoms with van der Waals surface area (Å²) in [5, 5.41) is 11.7. The number of amides is 1. The summed E-state index contributed by atoms with van der Waals surface area (Å²) in [6.45, 7) is 1.99. The van der Waals surface area contributed by atoms with Crippen LogP contribution in [0.1, 0.15) is 38.2 Å². The van der Waals surface area contributed by atoms with Crippen molar-refractivity contribution in [2.45, 2.75) is 45.1 Å². The number of carboxylic acid groups (broad SMARTS) is 1. The van der Waals surface area contributed by atoms with Gasteiger partial charge in [-0.3, -0.25) is 4.79 Å². The molecule has 21 heavy (non-hydrogen) atoms. The van der Waals surface area contributed by atoms with E-state index in [4.69, 9.17) is 9.84 Å². The molecule has 5 heteroatoms. The van der Waals surface area contributed by atoms with Gasteiger partial charge < -0.3 is 15.2 Å². The molecule has 0 aliphatic rings. The first-order valence-corrected chi connectivity index (χ1v) is 7.22. The summed E-state index contributed by atoms with van der Waals surface area (Å²) in [5.41, 5.74) is 0.991. The SMILES string of the molecule is CCCCC(NC(=O)CCc1cccc(OC)c1)C(=O)O. The normalized spacial score (nSPS) is 11.7. The first-order valence-electron chi connectivity index (χ1n) is 7.22. The number of carbonyl (C=O) groups excluding carboxylic acids is 1. The molecule has 116 valence electrons. The number of nitrogens with one attached hydrogen (secondary N) is 1. The van der Waals surface area contributed by atoms with E-state index in [2.05, 4.69) is 5.32 Å². The predicted molar refractivity (Wildman–Crippen MR) is 80.4 cm³/mol. The topological polar surface area (TPSA) is 75.6 Å². The average molecular weight is 293 g/mol. The van der Waals surface area contributed by atoms with Gasteiger partial charge in [-0.25, -0.2) is 4.79 Å². The van der Waals surface area contributed by atoms with Crippen molar-refractivity contribution in [1.82, 2.24) is 5.32 Å². The molecule has 0 aromatic heterocycles. The molecule has 1 atom stereocenters. The molecule has 0 fully saturated rings. The van der Waals surface area contributed by atoms with Crippen molar-refractivity contribution in [3.63, 3.8) is 0 Å². The summed E-state index contributed by atoms with van der Waals surface area (Å²) in [6, 6.07) is 6.71. The number of methoxy groups -OCH3 is 1. The van der Waals surface area contributed by atoms with E-state index < -0.39 is 12.0 Å². The van der Waals surface area contributed by atoms with E-state index in [0.29, 0.717) is 12.8 Å². The molecule has 2 N–H and O–H groups in total. The lowest BCUT2D eigenvalue weighted by Gasteiger charge is -2.14. The van der Waals surface area contributed by atoms with Crippen LogP contribution in [0.25, 0.3) is 0 Å². The third-order valence-corrected chi connectivity index (χ3v) is 3.25. The largest absolute Gasteiger partial charge is 0.497 e. The van der Waals surface area contributed by atoms with E-state index in [1.54, 1.807) is 7.11 Å². The van der Waals surface area contributed by atoms with Crippen molar-refractivity contribution in [2.24, 2.45) is 0 Å². The maximum absolute atomic E-state index is 11.8. The number of aliphatic carboxylic acids is 1. The lowest BCUT2D eigenvalue weighted by Crippen LogP contribution is -2.40. The second-order valence-electron chi connectivity index (χ2n) is 4.95. The van der Waals surface area contributed by atoms with Gasteiger partial charge in [0, 0.05) is 6.42 Å². The van der Waals surface area contributed by atoms with Gasteiger partial charge in [0.1, 0.15) is 11.8 Å². The second-order valence-corrected chi connectivity index (χ2v) is 4.95. The molecule has 0 radical (unpaired) electrons. The molecule has 1 unspecified atom stereocenters. The Labute approximate surface area is 125 Å². The number of carboxylic acids is 1. The van der Waals surface area contributed by atoms with Gasteiger partial charge in [-0.2, -0.15) is 0 Å². The number of ether oxygens (including phenoxy) is 1. The van der Waals surface area contributed by atoms with Gasteiger partial charge in [0.2, 0.25) is 5.91 Å². The van der Waals surface area contributed by atoms with E-state index in [0.717, 1.165) is 24.2 Å². The Balaban J connectivity index is 2.46. The number of hydrogen-bond donors (Lipinski definition) is 2. The van der Waals surface area contributed by atoms with Crippen LogP contribution in [0.2, 0.25) is 0 Å². The van der Waals surface area contributed by atoms with E-state index >= 15 is 0 Å². The standard InChI is InChI=1S/C16H23NO4/c1-3-4-8-14(16(19)20)17-15(18)10-9-12-6-5-7-13(11-12)21-2/h5-7,11,14H,3-4,8-10H2,1-2H3,(H,17,18)(H,19,20). The van der Waals surface area contributed by atoms with Crippen LogP contribution in [0.3, 0.4) is 0 Å². The zero-order chi connectivity index (χ0) is 15.7. The van der Waals surface area contributed by atoms with Gasteiger partial charge in [0.15, 0.2) is 0 Å². The van der Waals surface area contributed by atoms with Crippen molar-refractivity contribution < 1.29 is 19.4 Å². The summed E-state index contributed by atoms with van der Waals surface area (Å²) in [6.07, 6.45) is 2.99. The van der Waals surface area contributed by atoms with E-state index in [9.17, 15) is 9.59 Å². The van der Waals surface area contributed by atoms with Crippen molar-refractivity contribution in [2.75, 3.05) is 7.11 Å². The Kier molecular flexibility index (Phi) is 7.29. The van der Waals surface area contributed by atoms with Gasteiger partial charge >= 0.3 is 5.97 Å². The average Bonchev–Trinajstić information content (AvgIpc) is 2.49. The minimum Gasteiger partial charge on any atom is -0.497 e. The monoisotopic (exact) mass is 293 g/mol. The summed E-state index contributed by atoms with van der Waals surface area (Å²) >= 11 is 0. The fourth-order valence-corrected chi connectivity index (χ4v) is 2.02. The molecular weight excluding hydrogens is 270 g/mol. The smallest absolute Gasteiger partial charge is 0.326 e. The van der Waals surface area contributed by atoms with E-state index in [1.807, 2.05) is 31.2 Å². The van der Waals surface area contributed by atoms with Crippen molar-refractivity contribution >= 4 is 11.9 Å². The van der Waals surface area contributed by atoms with Crippen LogP contribution in [0, 0.1) is 0 Å². The predicted octanol–water partition coefficient (Wildman–Crippen LogP) is 2.39. The molecule has 5 nitrogen and oxygen atoms in total. The van der Waals surface area contributed by atoms with Crippen LogP contribution in [-0.4, -0.2) is 30.1 Å². The van der Waals surface area contributed by atoms with Gasteiger partial charge in [0.25, 0.3) is 0 Å². The van der Waals surface area contributed by atoms with Crippen LogP contribution in [0.5, 0.6) is 5.75 Å². The Morgan fingerprint density at radius 3 is 2.76 bits per heavy atom. The van der Waals surface area contributed by atoms with Crippen LogP contribution in [0.4, 0.5) is 0 Å². The number of unbranched alkanes of at least 4 members (excludes halogenated alkanes) is 1. The molecular formula is C16H23NO4. The maximum Gasteiger partial charge on any atom is 0.326 e. The van der Waals surface area contributed by atoms with Gasteiger partial charge in [-0.05, 0) is 30.5 Å². The molecule has 0 aliphatic heterocycles. The Morgan fingerprint density at radius 1 is 1.38 bits per heavy atom. The molecule has 0 bridgehead atoms. The van der Waals surface area contributed by atoms with Crippen LogP contribution >= 0.6 is 0 Å². The second kappa shape index (κ2) is 9.00. The van der Waals surface area contributed by atoms with Crippen molar-refractivity contribution in [3.8, 4) is 5.75 Å². The zero-order valence-corrected chi connectivity index (χ0v) is 12.6. The summed E-state index contributed by atoms with van der Waals surface area (Å²) in [7, 11) is 1.59. The number of hydrogen-bond acceptors (Lipinski definition) is 3. The third kappa shape index (κ3) is 6.29. The lowest BCUT2D eigenvalue weighted by atomic mass is 10.1. The van der Waals surface area contributed by atoms with Gasteiger partial charge in [0.05, 0.1) is 7.11 Å². The van der Waals surface area contributed by atoms with E-state index in [-0.39, 0.29) is 12.3 Å². The Hall–Kier alpha value is -2.04. The first kappa shape index (κ1) is 17.0. The third-order valence-electron chi connectivity index (χ3n) is 3.25. The number of benzene rings is 1. The minimum absolute atomic E-state index is 0.235. The molecule has 1 aromatic rings. The number of rotatable bonds is 9. The molecule has 1 aromatic carbocycles. The molecule has 0 heterocycles.